The van der Waals surface area contributed by atoms with Crippen LogP contribution in [0.4, 0.5) is 19.0 Å². The SMILES string of the molecule is COc1c([N+](=O)[O-])ncc(C=O)c1OC(F)(F)F. The van der Waals surface area contributed by atoms with Crippen LogP contribution in [0, 0.1) is 10.1 Å². The predicted molar refractivity (Wildman–Crippen MR) is 49.5 cm³/mol. The topological polar surface area (TPSA) is 91.6 Å². The van der Waals surface area contributed by atoms with Crippen molar-refractivity contribution in [1.82, 2.24) is 4.98 Å². The first-order valence-corrected chi connectivity index (χ1v) is 4.22. The molecule has 0 saturated carbocycles. The normalized spacial score (nSPS) is 10.9. The molecular weight excluding hydrogens is 261 g/mol. The van der Waals surface area contributed by atoms with E-state index >= 15 is 0 Å². The Labute approximate surface area is 97.3 Å². The van der Waals surface area contributed by atoms with E-state index in [0.717, 1.165) is 7.11 Å². The Morgan fingerprint density at radius 2 is 2.06 bits per heavy atom. The summed E-state index contributed by atoms with van der Waals surface area (Å²) < 4.78 is 44.3. The van der Waals surface area contributed by atoms with Gasteiger partial charge in [0.25, 0.3) is 5.75 Å². The number of alkyl halides is 3. The van der Waals surface area contributed by atoms with Gasteiger partial charge in [0.1, 0.15) is 5.56 Å². The number of nitrogens with zero attached hydrogens (tertiary/aromatic N) is 2. The van der Waals surface area contributed by atoms with Crippen molar-refractivity contribution in [3.8, 4) is 11.5 Å². The van der Waals surface area contributed by atoms with Crippen LogP contribution in [-0.4, -0.2) is 29.7 Å². The summed E-state index contributed by atoms with van der Waals surface area (Å²) >= 11 is 0. The molecule has 1 aromatic rings. The molecule has 0 aliphatic heterocycles. The molecule has 0 aromatic carbocycles. The summed E-state index contributed by atoms with van der Waals surface area (Å²) in [6, 6.07) is 0. The number of carbonyl (C=O) groups is 1. The molecule has 0 bridgehead atoms. The Morgan fingerprint density at radius 3 is 2.44 bits per heavy atom. The Morgan fingerprint density at radius 1 is 1.44 bits per heavy atom. The van der Waals surface area contributed by atoms with Crippen LogP contribution >= 0.6 is 0 Å². The summed E-state index contributed by atoms with van der Waals surface area (Å²) in [5.74, 6) is -2.95. The molecule has 0 atom stereocenters. The van der Waals surface area contributed by atoms with Crippen LogP contribution in [0.1, 0.15) is 10.4 Å². The van der Waals surface area contributed by atoms with Gasteiger partial charge in [-0.1, -0.05) is 0 Å². The van der Waals surface area contributed by atoms with Crippen molar-refractivity contribution >= 4 is 12.1 Å². The lowest BCUT2D eigenvalue weighted by Crippen LogP contribution is -2.19. The maximum atomic E-state index is 12.1. The van der Waals surface area contributed by atoms with E-state index in [1.165, 1.54) is 0 Å². The Kier molecular flexibility index (Phi) is 3.69. The number of methoxy groups -OCH3 is 1. The molecule has 0 aliphatic carbocycles. The lowest BCUT2D eigenvalue weighted by Gasteiger charge is -2.12. The molecule has 0 N–H and O–H groups in total. The third-order valence-corrected chi connectivity index (χ3v) is 1.72. The number of hydrogen-bond donors (Lipinski definition) is 0. The molecule has 10 heteroatoms. The number of hydrogen-bond acceptors (Lipinski definition) is 6. The molecule has 0 amide bonds. The predicted octanol–water partition coefficient (Wildman–Crippen LogP) is 1.71. The fourth-order valence-electron chi connectivity index (χ4n) is 1.10. The molecule has 98 valence electrons. The van der Waals surface area contributed by atoms with Gasteiger partial charge in [0.05, 0.1) is 7.11 Å². The van der Waals surface area contributed by atoms with Crippen LogP contribution in [0.25, 0.3) is 0 Å². The average molecular weight is 266 g/mol. The van der Waals surface area contributed by atoms with Crippen molar-refractivity contribution in [2.45, 2.75) is 6.36 Å². The summed E-state index contributed by atoms with van der Waals surface area (Å²) in [6.45, 7) is 0. The zero-order chi connectivity index (χ0) is 13.9. The highest BCUT2D eigenvalue weighted by Gasteiger charge is 2.37. The molecule has 1 aromatic heterocycles. The highest BCUT2D eigenvalue weighted by atomic mass is 19.4. The first kappa shape index (κ1) is 13.7. The van der Waals surface area contributed by atoms with E-state index in [1.807, 2.05) is 0 Å². The third kappa shape index (κ3) is 2.84. The van der Waals surface area contributed by atoms with E-state index in [0.29, 0.717) is 6.20 Å². The van der Waals surface area contributed by atoms with Gasteiger partial charge in [-0.05, 0) is 9.91 Å². The van der Waals surface area contributed by atoms with Gasteiger partial charge < -0.3 is 19.6 Å². The number of nitro groups is 1. The summed E-state index contributed by atoms with van der Waals surface area (Å²) in [4.78, 5) is 23.2. The van der Waals surface area contributed by atoms with Gasteiger partial charge in [-0.3, -0.25) is 4.79 Å². The van der Waals surface area contributed by atoms with E-state index in [9.17, 15) is 28.1 Å². The molecular formula is C8H5F3N2O5. The minimum absolute atomic E-state index is 0.0142. The van der Waals surface area contributed by atoms with Crippen molar-refractivity contribution < 1.29 is 32.4 Å². The number of halogens is 3. The zero-order valence-electron chi connectivity index (χ0n) is 8.72. The second-order valence-electron chi connectivity index (χ2n) is 2.82. The Bertz CT molecular complexity index is 488. The molecule has 18 heavy (non-hydrogen) atoms. The minimum atomic E-state index is -5.12. The Hall–Kier alpha value is -2.39. The van der Waals surface area contributed by atoms with Gasteiger partial charge in [0, 0.05) is 0 Å². The second kappa shape index (κ2) is 4.85. The number of carbonyl (C=O) groups excluding carboxylic acids is 1. The van der Waals surface area contributed by atoms with Gasteiger partial charge in [0.15, 0.2) is 18.2 Å². The van der Waals surface area contributed by atoms with Crippen LogP contribution < -0.4 is 9.47 Å². The summed E-state index contributed by atoms with van der Waals surface area (Å²) in [5.41, 5.74) is -0.616. The summed E-state index contributed by atoms with van der Waals surface area (Å²) in [5, 5.41) is 10.5. The first-order valence-electron chi connectivity index (χ1n) is 4.22. The smallest absolute Gasteiger partial charge is 0.486 e. The van der Waals surface area contributed by atoms with Gasteiger partial charge in [-0.2, -0.15) is 0 Å². The fourth-order valence-corrected chi connectivity index (χ4v) is 1.10. The molecule has 0 fully saturated rings. The van der Waals surface area contributed by atoms with Crippen LogP contribution in [0.2, 0.25) is 0 Å². The maximum Gasteiger partial charge on any atom is 0.573 e. The van der Waals surface area contributed by atoms with E-state index < -0.39 is 34.2 Å². The summed E-state index contributed by atoms with van der Waals surface area (Å²) in [6.07, 6.45) is -4.52. The molecule has 0 aliphatic rings. The van der Waals surface area contributed by atoms with Gasteiger partial charge in [0.2, 0.25) is 0 Å². The van der Waals surface area contributed by atoms with Gasteiger partial charge in [-0.15, -0.1) is 13.2 Å². The van der Waals surface area contributed by atoms with E-state index in [-0.39, 0.29) is 6.29 Å². The van der Waals surface area contributed by atoms with Crippen LogP contribution in [0.15, 0.2) is 6.20 Å². The molecule has 0 radical (unpaired) electrons. The van der Waals surface area contributed by atoms with Crippen molar-refractivity contribution in [1.29, 1.82) is 0 Å². The Balaban J connectivity index is 3.46. The molecule has 0 spiro atoms. The lowest BCUT2D eigenvalue weighted by atomic mass is 10.2. The monoisotopic (exact) mass is 266 g/mol. The van der Waals surface area contributed by atoms with E-state index in [4.69, 9.17) is 0 Å². The number of aldehydes is 1. The largest absolute Gasteiger partial charge is 0.573 e. The van der Waals surface area contributed by atoms with Crippen LogP contribution in [0.3, 0.4) is 0 Å². The highest BCUT2D eigenvalue weighted by Crippen LogP contribution is 2.39. The molecule has 1 rings (SSSR count). The van der Waals surface area contributed by atoms with Crippen LogP contribution in [0.5, 0.6) is 11.5 Å². The van der Waals surface area contributed by atoms with E-state index in [1.54, 1.807) is 0 Å². The van der Waals surface area contributed by atoms with Crippen LogP contribution in [-0.2, 0) is 0 Å². The number of rotatable bonds is 4. The number of ether oxygens (including phenoxy) is 2. The fraction of sp³-hybridized carbons (Fsp3) is 0.250. The third-order valence-electron chi connectivity index (χ3n) is 1.72. The quantitative estimate of drug-likeness (QED) is 0.468. The molecule has 0 unspecified atom stereocenters. The molecule has 1 heterocycles. The minimum Gasteiger partial charge on any atom is -0.486 e. The maximum absolute atomic E-state index is 12.1. The average Bonchev–Trinajstić information content (AvgIpc) is 2.26. The lowest BCUT2D eigenvalue weighted by molar-refractivity contribution is -0.390. The number of pyridine rings is 1. The first-order chi connectivity index (χ1) is 8.30. The standard InChI is InChI=1S/C8H5F3N2O5/c1-17-6-5(18-8(9,10)11)4(3-14)2-12-7(6)13(15)16/h2-3H,1H3. The number of aromatic nitrogens is 1. The van der Waals surface area contributed by atoms with Gasteiger partial charge in [-0.25, -0.2) is 0 Å². The van der Waals surface area contributed by atoms with Crippen molar-refractivity contribution in [3.05, 3.63) is 21.9 Å². The van der Waals surface area contributed by atoms with Crippen molar-refractivity contribution in [2.75, 3.05) is 7.11 Å². The summed E-state index contributed by atoms with van der Waals surface area (Å²) in [7, 11) is 0.891. The molecule has 0 saturated heterocycles. The highest BCUT2D eigenvalue weighted by molar-refractivity contribution is 5.81. The zero-order valence-corrected chi connectivity index (χ0v) is 8.72. The van der Waals surface area contributed by atoms with Crippen molar-refractivity contribution in [2.24, 2.45) is 0 Å². The van der Waals surface area contributed by atoms with Gasteiger partial charge >= 0.3 is 12.2 Å². The molecule has 7 nitrogen and oxygen atoms in total. The second-order valence-corrected chi connectivity index (χ2v) is 2.82. The van der Waals surface area contributed by atoms with E-state index in [2.05, 4.69) is 14.5 Å². The van der Waals surface area contributed by atoms with Crippen molar-refractivity contribution in [3.63, 3.8) is 0 Å².